The van der Waals surface area contributed by atoms with E-state index in [0.29, 0.717) is 20.5 Å². The van der Waals surface area contributed by atoms with Crippen LogP contribution in [0.5, 0.6) is 0 Å². The number of alkyl halides is 3. The number of benzene rings is 2. The lowest BCUT2D eigenvalue weighted by Gasteiger charge is -2.29. The number of hydrogen-bond acceptors (Lipinski definition) is 7. The number of imide groups is 1. The second kappa shape index (κ2) is 9.82. The number of aromatic nitrogens is 1. The average Bonchev–Trinajstić information content (AvgIpc) is 3.61. The third kappa shape index (κ3) is 4.34. The number of fused-ring (bicyclic) bond motifs is 2. The lowest BCUT2D eigenvalue weighted by molar-refractivity contribution is -0.137. The number of rotatable bonds is 5. The van der Waals surface area contributed by atoms with E-state index in [9.17, 15) is 32.3 Å². The fourth-order valence-corrected chi connectivity index (χ4v) is 7.79. The lowest BCUT2D eigenvalue weighted by Crippen LogP contribution is -2.33. The molecule has 0 aliphatic carbocycles. The number of amides is 3. The topological polar surface area (TPSA) is 102 Å². The van der Waals surface area contributed by atoms with Crippen LogP contribution < -0.4 is 15.1 Å². The number of halogens is 3. The number of carbonyl (C=O) groups is 3. The van der Waals surface area contributed by atoms with E-state index in [-0.39, 0.29) is 12.3 Å². The fraction of sp³-hybridized carbons (Fsp3) is 0.185. The highest BCUT2D eigenvalue weighted by Crippen LogP contribution is 2.54. The first-order chi connectivity index (χ1) is 19.1. The second-order valence-electron chi connectivity index (χ2n) is 9.12. The summed E-state index contributed by atoms with van der Waals surface area (Å²) in [5, 5.41) is 1.86. The first kappa shape index (κ1) is 26.1. The van der Waals surface area contributed by atoms with Crippen molar-refractivity contribution in [3.63, 3.8) is 0 Å². The lowest BCUT2D eigenvalue weighted by atomic mass is 9.86. The Morgan fingerprint density at radius 1 is 0.950 bits per heavy atom. The molecule has 2 aromatic carbocycles. The molecule has 1 N–H and O–H groups in total. The van der Waals surface area contributed by atoms with Crippen LogP contribution in [0.15, 0.2) is 87.2 Å². The molecule has 204 valence electrons. The highest BCUT2D eigenvalue weighted by molar-refractivity contribution is 8.00. The van der Waals surface area contributed by atoms with E-state index in [2.05, 4.69) is 5.32 Å². The number of hydrogen-bond donors (Lipinski definition) is 1. The van der Waals surface area contributed by atoms with Gasteiger partial charge in [0.1, 0.15) is 17.6 Å². The minimum absolute atomic E-state index is 0.283. The van der Waals surface area contributed by atoms with Crippen molar-refractivity contribution >= 4 is 52.2 Å². The molecule has 6 rings (SSSR count). The molecular formula is C27H18F3N3O5S2. The van der Waals surface area contributed by atoms with E-state index in [4.69, 9.17) is 4.42 Å². The Hall–Kier alpha value is -4.10. The summed E-state index contributed by atoms with van der Waals surface area (Å²) in [6, 6.07) is 16.2. The van der Waals surface area contributed by atoms with Gasteiger partial charge < -0.3 is 9.73 Å². The van der Waals surface area contributed by atoms with E-state index in [1.54, 1.807) is 42.5 Å². The largest absolute Gasteiger partial charge is 0.469 e. The molecule has 0 bridgehead atoms. The number of anilines is 2. The van der Waals surface area contributed by atoms with E-state index >= 15 is 0 Å². The van der Waals surface area contributed by atoms with Gasteiger partial charge in [0, 0.05) is 5.69 Å². The van der Waals surface area contributed by atoms with Crippen LogP contribution in [0.2, 0.25) is 0 Å². The van der Waals surface area contributed by atoms with Crippen LogP contribution in [0.1, 0.15) is 22.1 Å². The summed E-state index contributed by atoms with van der Waals surface area (Å²) in [5.41, 5.74) is -1.14. The molecule has 4 heterocycles. The average molecular weight is 586 g/mol. The van der Waals surface area contributed by atoms with Gasteiger partial charge in [0.2, 0.25) is 17.7 Å². The molecule has 2 aliphatic heterocycles. The minimum atomic E-state index is -4.80. The quantitative estimate of drug-likeness (QED) is 0.333. The zero-order valence-electron chi connectivity index (χ0n) is 20.3. The van der Waals surface area contributed by atoms with Crippen LogP contribution in [0.25, 0.3) is 0 Å². The molecule has 2 aliphatic rings. The van der Waals surface area contributed by atoms with Crippen molar-refractivity contribution in [2.75, 3.05) is 10.2 Å². The standard InChI is InChI=1S/C27H18F3N3O5S2/c28-27(29,30)15-9-4-5-10-16(15)33-23(35)20-19(17-11-6-12-38-17)22-25(39-21(20)24(33)36)32(26(37)40-22)13-18(34)31-14-7-2-1-3-8-14/h1-12,19-21H,13H2,(H,31,34)/t19-,20?,21?/m1/s1. The number of furan rings is 1. The summed E-state index contributed by atoms with van der Waals surface area (Å²) < 4.78 is 48.3. The monoisotopic (exact) mass is 585 g/mol. The van der Waals surface area contributed by atoms with Crippen LogP contribution in [0.3, 0.4) is 0 Å². The summed E-state index contributed by atoms with van der Waals surface area (Å²) in [6.07, 6.45) is -3.43. The van der Waals surface area contributed by atoms with E-state index in [1.807, 2.05) is 0 Å². The molecule has 4 aromatic rings. The van der Waals surface area contributed by atoms with Crippen molar-refractivity contribution in [2.24, 2.45) is 5.92 Å². The molecule has 1 fully saturated rings. The molecule has 13 heteroatoms. The van der Waals surface area contributed by atoms with Crippen molar-refractivity contribution < 1.29 is 32.0 Å². The van der Waals surface area contributed by atoms with Crippen molar-refractivity contribution in [3.05, 3.63) is 98.9 Å². The Bertz CT molecular complexity index is 1680. The number of thioether (sulfide) groups is 1. The smallest absolute Gasteiger partial charge is 0.418 e. The van der Waals surface area contributed by atoms with E-state index < -0.39 is 57.1 Å². The minimum Gasteiger partial charge on any atom is -0.469 e. The van der Waals surface area contributed by atoms with Gasteiger partial charge in [0.05, 0.1) is 39.3 Å². The number of nitrogens with zero attached hydrogens (tertiary/aromatic N) is 2. The molecule has 3 amide bonds. The Labute approximate surface area is 232 Å². The second-order valence-corrected chi connectivity index (χ2v) is 11.2. The molecule has 8 nitrogen and oxygen atoms in total. The SMILES string of the molecule is O=C(Cn1c2c(sc1=O)[C@H](c1ccco1)C1C(=O)N(c3ccccc3C(F)(F)F)C(=O)C1S2)Nc1ccccc1. The van der Waals surface area contributed by atoms with Crippen molar-refractivity contribution in [2.45, 2.75) is 28.9 Å². The Kier molecular flexibility index (Phi) is 6.42. The number of para-hydroxylation sites is 2. The number of carbonyl (C=O) groups excluding carboxylic acids is 3. The zero-order valence-corrected chi connectivity index (χ0v) is 21.9. The first-order valence-corrected chi connectivity index (χ1v) is 13.7. The van der Waals surface area contributed by atoms with Gasteiger partial charge >= 0.3 is 11.0 Å². The van der Waals surface area contributed by atoms with Gasteiger partial charge in [0.25, 0.3) is 0 Å². The van der Waals surface area contributed by atoms with Crippen LogP contribution >= 0.6 is 23.1 Å². The maximum atomic E-state index is 13.8. The van der Waals surface area contributed by atoms with Gasteiger partial charge in [-0.1, -0.05) is 53.4 Å². The molecule has 3 atom stereocenters. The van der Waals surface area contributed by atoms with Crippen LogP contribution in [-0.4, -0.2) is 27.5 Å². The maximum Gasteiger partial charge on any atom is 0.418 e. The highest BCUT2D eigenvalue weighted by Gasteiger charge is 2.58. The number of nitrogens with one attached hydrogen (secondary N) is 1. The summed E-state index contributed by atoms with van der Waals surface area (Å²) in [5.74, 6) is -3.89. The summed E-state index contributed by atoms with van der Waals surface area (Å²) in [6.45, 7) is -0.364. The molecule has 2 aromatic heterocycles. The normalized spacial score (nSPS) is 20.4. The Morgan fingerprint density at radius 3 is 2.38 bits per heavy atom. The third-order valence-corrected chi connectivity index (χ3v) is 9.31. The predicted molar refractivity (Wildman–Crippen MR) is 141 cm³/mol. The highest BCUT2D eigenvalue weighted by atomic mass is 32.2. The third-order valence-electron chi connectivity index (χ3n) is 6.71. The van der Waals surface area contributed by atoms with Crippen LogP contribution in [0, 0.1) is 5.92 Å². The predicted octanol–water partition coefficient (Wildman–Crippen LogP) is 4.96. The van der Waals surface area contributed by atoms with Gasteiger partial charge in [-0.2, -0.15) is 13.2 Å². The first-order valence-electron chi connectivity index (χ1n) is 12.0. The molecule has 2 unspecified atom stereocenters. The Morgan fingerprint density at radius 2 is 1.68 bits per heavy atom. The van der Waals surface area contributed by atoms with E-state index in [1.165, 1.54) is 23.0 Å². The van der Waals surface area contributed by atoms with Gasteiger partial charge in [-0.25, -0.2) is 4.90 Å². The van der Waals surface area contributed by atoms with Crippen molar-refractivity contribution in [1.82, 2.24) is 4.57 Å². The molecule has 0 saturated carbocycles. The van der Waals surface area contributed by atoms with Gasteiger partial charge in [-0.05, 0) is 36.4 Å². The maximum absolute atomic E-state index is 13.8. The zero-order chi connectivity index (χ0) is 28.2. The van der Waals surface area contributed by atoms with Gasteiger partial charge in [0.15, 0.2) is 0 Å². The molecule has 1 saturated heterocycles. The van der Waals surface area contributed by atoms with Crippen LogP contribution in [0.4, 0.5) is 24.5 Å². The van der Waals surface area contributed by atoms with Gasteiger partial charge in [-0.3, -0.25) is 23.7 Å². The fourth-order valence-electron chi connectivity index (χ4n) is 5.04. The molecular weight excluding hydrogens is 567 g/mol. The molecule has 0 spiro atoms. The summed E-state index contributed by atoms with van der Waals surface area (Å²) >= 11 is 1.72. The van der Waals surface area contributed by atoms with Gasteiger partial charge in [-0.15, -0.1) is 0 Å². The van der Waals surface area contributed by atoms with E-state index in [0.717, 1.165) is 35.2 Å². The van der Waals surface area contributed by atoms with Crippen molar-refractivity contribution in [1.29, 1.82) is 0 Å². The summed E-state index contributed by atoms with van der Waals surface area (Å²) in [7, 11) is 0. The van der Waals surface area contributed by atoms with Crippen molar-refractivity contribution in [3.8, 4) is 0 Å². The summed E-state index contributed by atoms with van der Waals surface area (Å²) in [4.78, 5) is 53.8. The Balaban J connectivity index is 1.41. The molecule has 40 heavy (non-hydrogen) atoms. The van der Waals surface area contributed by atoms with Crippen LogP contribution in [-0.2, 0) is 27.1 Å². The molecule has 0 radical (unpaired) electrons. The number of thiazole rings is 1.